The molecule has 0 aliphatic heterocycles. The minimum Gasteiger partial charge on any atom is -0.494 e. The van der Waals surface area contributed by atoms with Crippen LogP contribution in [-0.2, 0) is 13.3 Å². The van der Waals surface area contributed by atoms with Gasteiger partial charge in [0.05, 0.1) is 6.61 Å². The molecule has 1 aliphatic rings. The highest BCUT2D eigenvalue weighted by Gasteiger charge is 2.37. The number of rotatable bonds is 8. The van der Waals surface area contributed by atoms with Gasteiger partial charge in [-0.05, 0) is 24.6 Å². The molecule has 2 aromatic rings. The fourth-order valence-corrected chi connectivity index (χ4v) is 4.89. The zero-order valence-electron chi connectivity index (χ0n) is 15.6. The number of ketones is 2. The number of hydrogen-bond donors (Lipinski definition) is 0. The van der Waals surface area contributed by atoms with Crippen LogP contribution in [0.3, 0.4) is 0 Å². The molecule has 0 saturated heterocycles. The van der Waals surface area contributed by atoms with Crippen LogP contribution in [0.2, 0.25) is 6.04 Å². The SMILES string of the molecule is CO[Si](CCCOc1ccc2c(c1)C(=O)c1ccccc1C2=O)(OC)OC. The molecular weight excluding hydrogens is 364 g/mol. The van der Waals surface area contributed by atoms with Gasteiger partial charge in [-0.15, -0.1) is 0 Å². The van der Waals surface area contributed by atoms with Crippen LogP contribution >= 0.6 is 0 Å². The van der Waals surface area contributed by atoms with Gasteiger partial charge < -0.3 is 18.0 Å². The predicted molar refractivity (Wildman–Crippen MR) is 101 cm³/mol. The molecule has 142 valence electrons. The number of benzene rings is 2. The van der Waals surface area contributed by atoms with Crippen LogP contribution in [0.15, 0.2) is 42.5 Å². The molecule has 0 atom stereocenters. The highest BCUT2D eigenvalue weighted by Crippen LogP contribution is 2.30. The van der Waals surface area contributed by atoms with E-state index in [1.165, 1.54) is 0 Å². The van der Waals surface area contributed by atoms with Crippen molar-refractivity contribution < 1.29 is 27.6 Å². The fourth-order valence-electron chi connectivity index (χ4n) is 3.20. The first-order valence-corrected chi connectivity index (χ1v) is 10.6. The second-order valence-corrected chi connectivity index (χ2v) is 9.25. The van der Waals surface area contributed by atoms with Gasteiger partial charge in [0, 0.05) is 49.6 Å². The Morgan fingerprint density at radius 2 is 1.33 bits per heavy atom. The summed E-state index contributed by atoms with van der Waals surface area (Å²) in [5.74, 6) is 0.256. The Balaban J connectivity index is 1.70. The topological polar surface area (TPSA) is 71.1 Å². The lowest BCUT2D eigenvalue weighted by molar-refractivity contribution is 0.0978. The van der Waals surface area contributed by atoms with E-state index in [0.717, 1.165) is 0 Å². The van der Waals surface area contributed by atoms with Gasteiger partial charge in [0.1, 0.15) is 5.75 Å². The van der Waals surface area contributed by atoms with Crippen LogP contribution < -0.4 is 4.74 Å². The average molecular weight is 386 g/mol. The lowest BCUT2D eigenvalue weighted by Gasteiger charge is -2.24. The molecule has 0 spiro atoms. The largest absolute Gasteiger partial charge is 0.500 e. The Kier molecular flexibility index (Phi) is 5.86. The van der Waals surface area contributed by atoms with Gasteiger partial charge >= 0.3 is 8.80 Å². The summed E-state index contributed by atoms with van der Waals surface area (Å²) < 4.78 is 21.9. The van der Waals surface area contributed by atoms with Crippen molar-refractivity contribution in [3.8, 4) is 5.75 Å². The molecule has 2 aromatic carbocycles. The molecular formula is C20H22O6Si. The van der Waals surface area contributed by atoms with Gasteiger partial charge in [0.15, 0.2) is 11.6 Å². The first kappa shape index (κ1) is 19.4. The molecule has 6 nitrogen and oxygen atoms in total. The molecule has 0 fully saturated rings. The van der Waals surface area contributed by atoms with Crippen molar-refractivity contribution in [3.63, 3.8) is 0 Å². The van der Waals surface area contributed by atoms with Crippen LogP contribution in [0.4, 0.5) is 0 Å². The van der Waals surface area contributed by atoms with Gasteiger partial charge in [0.25, 0.3) is 0 Å². The predicted octanol–water partition coefficient (Wildman–Crippen LogP) is 3.11. The third kappa shape index (κ3) is 3.72. The van der Waals surface area contributed by atoms with E-state index in [-0.39, 0.29) is 11.6 Å². The molecule has 27 heavy (non-hydrogen) atoms. The third-order valence-electron chi connectivity index (χ3n) is 4.73. The summed E-state index contributed by atoms with van der Waals surface area (Å²) in [6, 6.07) is 12.5. The molecule has 7 heteroatoms. The molecule has 0 saturated carbocycles. The average Bonchev–Trinajstić information content (AvgIpc) is 2.72. The molecule has 0 amide bonds. The quantitative estimate of drug-likeness (QED) is 0.438. The van der Waals surface area contributed by atoms with Crippen LogP contribution in [0.1, 0.15) is 38.3 Å². The number of hydrogen-bond acceptors (Lipinski definition) is 6. The smallest absolute Gasteiger partial charge is 0.494 e. The van der Waals surface area contributed by atoms with Crippen molar-refractivity contribution in [1.29, 1.82) is 0 Å². The van der Waals surface area contributed by atoms with Crippen LogP contribution in [0.25, 0.3) is 0 Å². The highest BCUT2D eigenvalue weighted by atomic mass is 28.4. The second-order valence-electron chi connectivity index (χ2n) is 6.16. The lowest BCUT2D eigenvalue weighted by Crippen LogP contribution is -2.42. The van der Waals surface area contributed by atoms with Crippen LogP contribution in [-0.4, -0.2) is 48.3 Å². The van der Waals surface area contributed by atoms with Crippen LogP contribution in [0, 0.1) is 0 Å². The molecule has 0 heterocycles. The molecule has 3 rings (SSSR count). The number of fused-ring (bicyclic) bond motifs is 2. The summed E-state index contributed by atoms with van der Waals surface area (Å²) in [6.07, 6.45) is 0.675. The van der Waals surface area contributed by atoms with E-state index in [2.05, 4.69) is 0 Å². The maximum Gasteiger partial charge on any atom is 0.500 e. The van der Waals surface area contributed by atoms with Gasteiger partial charge in [-0.3, -0.25) is 9.59 Å². The Bertz CT molecular complexity index is 851. The Hall–Kier alpha value is -2.32. The van der Waals surface area contributed by atoms with Crippen molar-refractivity contribution in [3.05, 3.63) is 64.7 Å². The van der Waals surface area contributed by atoms with Gasteiger partial charge in [-0.1, -0.05) is 24.3 Å². The van der Waals surface area contributed by atoms with Crippen molar-refractivity contribution in [2.24, 2.45) is 0 Å². The first-order valence-electron chi connectivity index (χ1n) is 8.66. The normalized spacial score (nSPS) is 13.3. The van der Waals surface area contributed by atoms with E-state index >= 15 is 0 Å². The molecule has 0 aromatic heterocycles. The number of carbonyl (C=O) groups excluding carboxylic acids is 2. The van der Waals surface area contributed by atoms with Crippen molar-refractivity contribution in [2.75, 3.05) is 27.9 Å². The molecule has 0 N–H and O–H groups in total. The van der Waals surface area contributed by atoms with E-state index in [1.54, 1.807) is 63.8 Å². The van der Waals surface area contributed by atoms with Crippen molar-refractivity contribution >= 4 is 20.4 Å². The lowest BCUT2D eigenvalue weighted by atomic mass is 9.84. The summed E-state index contributed by atoms with van der Waals surface area (Å²) in [5, 5.41) is 0. The van der Waals surface area contributed by atoms with Crippen molar-refractivity contribution in [1.82, 2.24) is 0 Å². The Morgan fingerprint density at radius 3 is 1.93 bits per heavy atom. The van der Waals surface area contributed by atoms with E-state index < -0.39 is 8.80 Å². The first-order chi connectivity index (χ1) is 13.0. The minimum atomic E-state index is -2.62. The Labute approximate surface area is 159 Å². The summed E-state index contributed by atoms with van der Waals surface area (Å²) in [5.41, 5.74) is 1.67. The zero-order valence-corrected chi connectivity index (χ0v) is 16.6. The summed E-state index contributed by atoms with van der Waals surface area (Å²) >= 11 is 0. The van der Waals surface area contributed by atoms with E-state index in [0.29, 0.717) is 47.1 Å². The van der Waals surface area contributed by atoms with Gasteiger partial charge in [-0.25, -0.2) is 0 Å². The molecule has 0 bridgehead atoms. The third-order valence-corrected chi connectivity index (χ3v) is 7.56. The van der Waals surface area contributed by atoms with E-state index in [1.807, 2.05) is 0 Å². The number of ether oxygens (including phenoxy) is 1. The summed E-state index contributed by atoms with van der Waals surface area (Å²) in [4.78, 5) is 25.3. The second kappa shape index (κ2) is 8.14. The summed E-state index contributed by atoms with van der Waals surface area (Å²) in [6.45, 7) is 0.419. The minimum absolute atomic E-state index is 0.136. The van der Waals surface area contributed by atoms with Crippen molar-refractivity contribution in [2.45, 2.75) is 12.5 Å². The van der Waals surface area contributed by atoms with Gasteiger partial charge in [0.2, 0.25) is 0 Å². The van der Waals surface area contributed by atoms with E-state index in [4.69, 9.17) is 18.0 Å². The Morgan fingerprint density at radius 1 is 0.778 bits per heavy atom. The monoisotopic (exact) mass is 386 g/mol. The molecule has 0 unspecified atom stereocenters. The standard InChI is InChI=1S/C20H22O6Si/c1-23-27(24-2,25-3)12-6-11-26-14-9-10-17-18(13-14)20(22)16-8-5-4-7-15(16)19(17)21/h4-5,7-10,13H,6,11-12H2,1-3H3. The summed E-state index contributed by atoms with van der Waals surface area (Å²) in [7, 11) is 2.10. The van der Waals surface area contributed by atoms with Crippen LogP contribution in [0.5, 0.6) is 5.75 Å². The van der Waals surface area contributed by atoms with Gasteiger partial charge in [-0.2, -0.15) is 0 Å². The maximum atomic E-state index is 12.7. The molecule has 0 radical (unpaired) electrons. The maximum absolute atomic E-state index is 12.7. The molecule has 1 aliphatic carbocycles. The van der Waals surface area contributed by atoms with E-state index in [9.17, 15) is 9.59 Å². The zero-order chi connectivity index (χ0) is 19.4. The highest BCUT2D eigenvalue weighted by molar-refractivity contribution is 6.60. The fraction of sp³-hybridized carbons (Fsp3) is 0.300. The number of carbonyl (C=O) groups is 2.